The first-order valence-corrected chi connectivity index (χ1v) is 6.65. The lowest BCUT2D eigenvalue weighted by Crippen LogP contribution is -2.41. The molecule has 0 radical (unpaired) electrons. The van der Waals surface area contributed by atoms with Gasteiger partial charge in [0.25, 0.3) is 5.91 Å². The number of benzene rings is 1. The van der Waals surface area contributed by atoms with Crippen LogP contribution >= 0.6 is 0 Å². The van der Waals surface area contributed by atoms with E-state index < -0.39 is 0 Å². The van der Waals surface area contributed by atoms with Crippen LogP contribution in [0.1, 0.15) is 32.8 Å². The summed E-state index contributed by atoms with van der Waals surface area (Å²) in [5.74, 6) is 0.871. The van der Waals surface area contributed by atoms with Gasteiger partial charge in [0, 0.05) is 13.1 Å². The van der Waals surface area contributed by atoms with E-state index in [1.54, 1.807) is 0 Å². The Morgan fingerprint density at radius 1 is 1.22 bits per heavy atom. The maximum Gasteiger partial charge on any atom is 0.263 e. The van der Waals surface area contributed by atoms with Crippen LogP contribution in [0.15, 0.2) is 24.3 Å². The van der Waals surface area contributed by atoms with E-state index in [4.69, 9.17) is 4.74 Å². The molecule has 18 heavy (non-hydrogen) atoms. The number of carbonyl (C=O) groups is 1. The van der Waals surface area contributed by atoms with E-state index in [-0.39, 0.29) is 12.0 Å². The third kappa shape index (κ3) is 3.49. The van der Waals surface area contributed by atoms with Crippen molar-refractivity contribution in [3.05, 3.63) is 29.8 Å². The molecule has 1 aromatic rings. The summed E-state index contributed by atoms with van der Waals surface area (Å²) < 4.78 is 5.85. The third-order valence-electron chi connectivity index (χ3n) is 3.08. The predicted molar refractivity (Wildman–Crippen MR) is 73.8 cm³/mol. The highest BCUT2D eigenvalue weighted by Crippen LogP contribution is 2.19. The van der Waals surface area contributed by atoms with Gasteiger partial charge >= 0.3 is 0 Å². The Morgan fingerprint density at radius 2 is 1.83 bits per heavy atom. The Balaban J connectivity index is 2.79. The molecule has 0 N–H and O–H groups in total. The van der Waals surface area contributed by atoms with Crippen molar-refractivity contribution in [1.82, 2.24) is 4.90 Å². The minimum Gasteiger partial charge on any atom is -0.480 e. The number of likely N-dealkylation sites (N-methyl/N-ethyl adjacent to an activating group) is 1. The molecule has 1 aromatic carbocycles. The fourth-order valence-electron chi connectivity index (χ4n) is 1.89. The SMILES string of the molecule is CC[C@H](Oc1ccccc1C)C(=O)N(CC)CC. The predicted octanol–water partition coefficient (Wildman–Crippen LogP) is 3.02. The number of aryl methyl sites for hydroxylation is 1. The first-order valence-electron chi connectivity index (χ1n) is 6.65. The van der Waals surface area contributed by atoms with Gasteiger partial charge in [0.05, 0.1) is 0 Å². The summed E-state index contributed by atoms with van der Waals surface area (Å²) in [6.45, 7) is 9.39. The molecular formula is C15H23NO2. The monoisotopic (exact) mass is 249 g/mol. The van der Waals surface area contributed by atoms with Crippen molar-refractivity contribution in [3.63, 3.8) is 0 Å². The molecule has 0 spiro atoms. The Labute approximate surface area is 110 Å². The second-order valence-electron chi connectivity index (χ2n) is 4.29. The number of carbonyl (C=O) groups excluding carboxylic acids is 1. The second-order valence-corrected chi connectivity index (χ2v) is 4.29. The molecule has 0 bridgehead atoms. The van der Waals surface area contributed by atoms with Crippen molar-refractivity contribution in [3.8, 4) is 5.75 Å². The van der Waals surface area contributed by atoms with E-state index in [9.17, 15) is 4.79 Å². The van der Waals surface area contributed by atoms with Gasteiger partial charge < -0.3 is 9.64 Å². The van der Waals surface area contributed by atoms with Gasteiger partial charge in [-0.1, -0.05) is 25.1 Å². The quantitative estimate of drug-likeness (QED) is 0.775. The molecule has 1 amide bonds. The van der Waals surface area contributed by atoms with E-state index in [1.165, 1.54) is 0 Å². The molecule has 0 aliphatic carbocycles. The molecule has 0 aromatic heterocycles. The molecule has 3 nitrogen and oxygen atoms in total. The van der Waals surface area contributed by atoms with Gasteiger partial charge in [0.2, 0.25) is 0 Å². The Hall–Kier alpha value is -1.51. The summed E-state index contributed by atoms with van der Waals surface area (Å²) in [6.07, 6.45) is 0.301. The van der Waals surface area contributed by atoms with E-state index >= 15 is 0 Å². The number of hydrogen-bond acceptors (Lipinski definition) is 2. The van der Waals surface area contributed by atoms with Crippen LogP contribution in [-0.2, 0) is 4.79 Å². The maximum absolute atomic E-state index is 12.3. The van der Waals surface area contributed by atoms with Crippen LogP contribution in [0.2, 0.25) is 0 Å². The highest BCUT2D eigenvalue weighted by Gasteiger charge is 2.23. The van der Waals surface area contributed by atoms with Crippen LogP contribution < -0.4 is 4.74 Å². The summed E-state index contributed by atoms with van der Waals surface area (Å²) >= 11 is 0. The summed E-state index contributed by atoms with van der Waals surface area (Å²) in [6, 6.07) is 7.80. The van der Waals surface area contributed by atoms with Crippen molar-refractivity contribution < 1.29 is 9.53 Å². The van der Waals surface area contributed by atoms with E-state index in [2.05, 4.69) is 0 Å². The van der Waals surface area contributed by atoms with Crippen LogP contribution in [0.3, 0.4) is 0 Å². The van der Waals surface area contributed by atoms with Crippen LogP contribution in [0, 0.1) is 6.92 Å². The zero-order valence-electron chi connectivity index (χ0n) is 11.8. The van der Waals surface area contributed by atoms with Gasteiger partial charge in [0.1, 0.15) is 5.75 Å². The summed E-state index contributed by atoms with van der Waals surface area (Å²) in [5.41, 5.74) is 1.06. The average Bonchev–Trinajstić information content (AvgIpc) is 2.39. The highest BCUT2D eigenvalue weighted by molar-refractivity contribution is 5.81. The lowest BCUT2D eigenvalue weighted by molar-refractivity contribution is -0.138. The van der Waals surface area contributed by atoms with E-state index in [0.29, 0.717) is 6.42 Å². The molecule has 0 aliphatic heterocycles. The molecule has 0 unspecified atom stereocenters. The second kappa shape index (κ2) is 7.04. The van der Waals surface area contributed by atoms with Crippen LogP contribution in [0.25, 0.3) is 0 Å². The van der Waals surface area contributed by atoms with E-state index in [0.717, 1.165) is 24.4 Å². The minimum atomic E-state index is -0.383. The molecule has 0 fully saturated rings. The normalized spacial score (nSPS) is 12.0. The van der Waals surface area contributed by atoms with Gasteiger partial charge in [-0.2, -0.15) is 0 Å². The molecule has 0 saturated heterocycles. The van der Waals surface area contributed by atoms with Crippen LogP contribution in [-0.4, -0.2) is 30.0 Å². The lowest BCUT2D eigenvalue weighted by atomic mass is 10.2. The Bertz CT molecular complexity index is 386. The Kier molecular flexibility index (Phi) is 5.69. The van der Waals surface area contributed by atoms with Gasteiger partial charge in [0.15, 0.2) is 6.10 Å². The van der Waals surface area contributed by atoms with Gasteiger partial charge in [-0.05, 0) is 38.8 Å². The van der Waals surface area contributed by atoms with Gasteiger partial charge in [-0.15, -0.1) is 0 Å². The van der Waals surface area contributed by atoms with Gasteiger partial charge in [-0.3, -0.25) is 4.79 Å². The molecule has 0 aliphatic rings. The number of para-hydroxylation sites is 1. The number of ether oxygens (including phenoxy) is 1. The summed E-state index contributed by atoms with van der Waals surface area (Å²) in [7, 11) is 0. The van der Waals surface area contributed by atoms with E-state index in [1.807, 2.05) is 56.9 Å². The Morgan fingerprint density at radius 3 is 2.33 bits per heavy atom. The molecule has 3 heteroatoms. The molecule has 1 atom stereocenters. The molecule has 100 valence electrons. The minimum absolute atomic E-state index is 0.0748. The fraction of sp³-hybridized carbons (Fsp3) is 0.533. The fourth-order valence-corrected chi connectivity index (χ4v) is 1.89. The molecule has 0 saturated carbocycles. The molecule has 0 heterocycles. The maximum atomic E-state index is 12.3. The highest BCUT2D eigenvalue weighted by atomic mass is 16.5. The summed E-state index contributed by atoms with van der Waals surface area (Å²) in [4.78, 5) is 14.1. The first-order chi connectivity index (χ1) is 8.63. The number of hydrogen-bond donors (Lipinski definition) is 0. The van der Waals surface area contributed by atoms with Crippen molar-refractivity contribution in [1.29, 1.82) is 0 Å². The lowest BCUT2D eigenvalue weighted by Gasteiger charge is -2.25. The number of nitrogens with zero attached hydrogens (tertiary/aromatic N) is 1. The van der Waals surface area contributed by atoms with Crippen LogP contribution in [0.5, 0.6) is 5.75 Å². The summed E-state index contributed by atoms with van der Waals surface area (Å²) in [5, 5.41) is 0. The van der Waals surface area contributed by atoms with Crippen LogP contribution in [0.4, 0.5) is 0 Å². The third-order valence-corrected chi connectivity index (χ3v) is 3.08. The smallest absolute Gasteiger partial charge is 0.263 e. The largest absolute Gasteiger partial charge is 0.480 e. The zero-order chi connectivity index (χ0) is 13.5. The first kappa shape index (κ1) is 14.6. The van der Waals surface area contributed by atoms with Crippen molar-refractivity contribution >= 4 is 5.91 Å². The van der Waals surface area contributed by atoms with Crippen molar-refractivity contribution in [2.75, 3.05) is 13.1 Å². The topological polar surface area (TPSA) is 29.5 Å². The van der Waals surface area contributed by atoms with Crippen molar-refractivity contribution in [2.45, 2.75) is 40.2 Å². The zero-order valence-corrected chi connectivity index (χ0v) is 11.8. The molecular weight excluding hydrogens is 226 g/mol. The average molecular weight is 249 g/mol. The standard InChI is InChI=1S/C15H23NO2/c1-5-13(15(17)16(6-2)7-3)18-14-11-9-8-10-12(14)4/h8-11,13H,5-7H2,1-4H3/t13-/m0/s1. The number of rotatable bonds is 6. The molecule has 1 rings (SSSR count). The number of amides is 1. The van der Waals surface area contributed by atoms with Crippen molar-refractivity contribution in [2.24, 2.45) is 0 Å². The van der Waals surface area contributed by atoms with Gasteiger partial charge in [-0.25, -0.2) is 0 Å².